The molecule has 1 saturated heterocycles. The molecule has 0 saturated carbocycles. The first-order valence-corrected chi connectivity index (χ1v) is 8.64. The van der Waals surface area contributed by atoms with Crippen molar-refractivity contribution in [2.75, 3.05) is 44.7 Å². The van der Waals surface area contributed by atoms with Crippen LogP contribution in [0.1, 0.15) is 38.1 Å². The lowest BCUT2D eigenvalue weighted by atomic mass is 9.94. The minimum Gasteiger partial charge on any atom is -0.375 e. The van der Waals surface area contributed by atoms with Crippen molar-refractivity contribution in [1.29, 1.82) is 0 Å². The van der Waals surface area contributed by atoms with Crippen molar-refractivity contribution in [3.05, 3.63) is 29.8 Å². The number of rotatable bonds is 3. The zero-order valence-electron chi connectivity index (χ0n) is 15.5. The van der Waals surface area contributed by atoms with Gasteiger partial charge in [0, 0.05) is 56.4 Å². The monoisotopic (exact) mass is 331 g/mol. The molecule has 1 heterocycles. The highest BCUT2D eigenvalue weighted by Gasteiger charge is 2.31. The maximum Gasteiger partial charge on any atom is 0.253 e. The fraction of sp³-hybridized carbons (Fsp3) is 0.579. The van der Waals surface area contributed by atoms with Gasteiger partial charge in [0.25, 0.3) is 5.91 Å². The summed E-state index contributed by atoms with van der Waals surface area (Å²) in [5.41, 5.74) is 1.45. The van der Waals surface area contributed by atoms with Crippen molar-refractivity contribution in [2.45, 2.75) is 27.7 Å². The molecular formula is C19H29N3O2. The molecule has 2 amide bonds. The SMILES string of the molecule is CCN(C)c1ccc(C(=O)N2CCN(C(=O)C(C)(C)C)CC2)cc1. The van der Waals surface area contributed by atoms with E-state index in [1.165, 1.54) is 0 Å². The van der Waals surface area contributed by atoms with E-state index in [-0.39, 0.29) is 17.2 Å². The van der Waals surface area contributed by atoms with Gasteiger partial charge >= 0.3 is 0 Å². The first-order valence-electron chi connectivity index (χ1n) is 8.64. The average molecular weight is 331 g/mol. The van der Waals surface area contributed by atoms with Crippen molar-refractivity contribution < 1.29 is 9.59 Å². The molecule has 0 atom stereocenters. The van der Waals surface area contributed by atoms with Crippen LogP contribution in [0.5, 0.6) is 0 Å². The van der Waals surface area contributed by atoms with Crippen LogP contribution < -0.4 is 4.90 Å². The van der Waals surface area contributed by atoms with Crippen molar-refractivity contribution in [3.8, 4) is 0 Å². The zero-order chi connectivity index (χ0) is 17.9. The average Bonchev–Trinajstić information content (AvgIpc) is 2.59. The molecule has 0 unspecified atom stereocenters. The van der Waals surface area contributed by atoms with E-state index in [0.29, 0.717) is 31.7 Å². The van der Waals surface area contributed by atoms with Gasteiger partial charge in [-0.05, 0) is 31.2 Å². The maximum atomic E-state index is 12.6. The Morgan fingerprint density at radius 3 is 1.96 bits per heavy atom. The second-order valence-corrected chi connectivity index (χ2v) is 7.40. The van der Waals surface area contributed by atoms with E-state index < -0.39 is 0 Å². The summed E-state index contributed by atoms with van der Waals surface area (Å²) in [6.07, 6.45) is 0. The second-order valence-electron chi connectivity index (χ2n) is 7.40. The molecule has 0 bridgehead atoms. The largest absolute Gasteiger partial charge is 0.375 e. The van der Waals surface area contributed by atoms with Crippen LogP contribution in [0.25, 0.3) is 0 Å². The molecule has 132 valence electrons. The lowest BCUT2D eigenvalue weighted by Crippen LogP contribution is -2.53. The minimum atomic E-state index is -0.368. The van der Waals surface area contributed by atoms with Crippen LogP contribution in [-0.4, -0.2) is 61.4 Å². The van der Waals surface area contributed by atoms with E-state index in [1.807, 2.05) is 61.9 Å². The van der Waals surface area contributed by atoms with Crippen LogP contribution in [0.3, 0.4) is 0 Å². The summed E-state index contributed by atoms with van der Waals surface area (Å²) in [7, 11) is 2.03. The molecule has 0 spiro atoms. The highest BCUT2D eigenvalue weighted by molar-refractivity contribution is 5.94. The van der Waals surface area contributed by atoms with Crippen molar-refractivity contribution in [3.63, 3.8) is 0 Å². The molecule has 5 nitrogen and oxygen atoms in total. The molecule has 5 heteroatoms. The summed E-state index contributed by atoms with van der Waals surface area (Å²) in [5, 5.41) is 0. The van der Waals surface area contributed by atoms with Crippen molar-refractivity contribution in [2.24, 2.45) is 5.41 Å². The number of anilines is 1. The van der Waals surface area contributed by atoms with Gasteiger partial charge in [0.15, 0.2) is 0 Å². The van der Waals surface area contributed by atoms with E-state index in [2.05, 4.69) is 11.8 Å². The standard InChI is InChI=1S/C19H29N3O2/c1-6-20(5)16-9-7-15(8-10-16)17(23)21-11-13-22(14-12-21)18(24)19(2,3)4/h7-10H,6,11-14H2,1-5H3. The number of nitrogens with zero attached hydrogens (tertiary/aromatic N) is 3. The molecule has 1 aromatic carbocycles. The maximum absolute atomic E-state index is 12.6. The summed E-state index contributed by atoms with van der Waals surface area (Å²) in [6, 6.07) is 7.74. The van der Waals surface area contributed by atoms with Crippen LogP contribution >= 0.6 is 0 Å². The molecule has 1 aliphatic rings. The number of piperazine rings is 1. The molecular weight excluding hydrogens is 302 g/mol. The number of hydrogen-bond acceptors (Lipinski definition) is 3. The normalized spacial score (nSPS) is 15.4. The van der Waals surface area contributed by atoms with Crippen molar-refractivity contribution in [1.82, 2.24) is 9.80 Å². The number of benzene rings is 1. The minimum absolute atomic E-state index is 0.0450. The van der Waals surface area contributed by atoms with E-state index in [1.54, 1.807) is 0 Å². The number of carbonyl (C=O) groups is 2. The van der Waals surface area contributed by atoms with E-state index >= 15 is 0 Å². The van der Waals surface area contributed by atoms with Crippen LogP contribution in [0.4, 0.5) is 5.69 Å². The molecule has 0 aromatic heterocycles. The van der Waals surface area contributed by atoms with Crippen LogP contribution in [0, 0.1) is 5.41 Å². The summed E-state index contributed by atoms with van der Waals surface area (Å²) >= 11 is 0. The smallest absolute Gasteiger partial charge is 0.253 e. The second kappa shape index (κ2) is 7.24. The quantitative estimate of drug-likeness (QED) is 0.855. The molecule has 2 rings (SSSR count). The van der Waals surface area contributed by atoms with E-state index in [4.69, 9.17) is 0 Å². The Morgan fingerprint density at radius 1 is 1.00 bits per heavy atom. The summed E-state index contributed by atoms with van der Waals surface area (Å²) in [4.78, 5) is 30.8. The number of amides is 2. The Balaban J connectivity index is 1.97. The van der Waals surface area contributed by atoms with Gasteiger partial charge < -0.3 is 14.7 Å². The van der Waals surface area contributed by atoms with Gasteiger partial charge in [0.1, 0.15) is 0 Å². The Hall–Kier alpha value is -2.04. The Kier molecular flexibility index (Phi) is 5.52. The predicted molar refractivity (Wildman–Crippen MR) is 97.3 cm³/mol. The van der Waals surface area contributed by atoms with E-state index in [9.17, 15) is 9.59 Å². The van der Waals surface area contributed by atoms with Crippen LogP contribution in [-0.2, 0) is 4.79 Å². The van der Waals surface area contributed by atoms with Gasteiger partial charge in [-0.15, -0.1) is 0 Å². The Bertz CT molecular complexity index is 582. The Morgan fingerprint density at radius 2 is 1.50 bits per heavy atom. The predicted octanol–water partition coefficient (Wildman–Crippen LogP) is 2.47. The van der Waals surface area contributed by atoms with Gasteiger partial charge in [-0.25, -0.2) is 0 Å². The molecule has 24 heavy (non-hydrogen) atoms. The third kappa shape index (κ3) is 4.08. The third-order valence-electron chi connectivity index (χ3n) is 4.53. The fourth-order valence-corrected chi connectivity index (χ4v) is 2.81. The molecule has 0 N–H and O–H groups in total. The third-order valence-corrected chi connectivity index (χ3v) is 4.53. The van der Waals surface area contributed by atoms with Gasteiger partial charge in [0.2, 0.25) is 5.91 Å². The molecule has 1 fully saturated rings. The summed E-state index contributed by atoms with van der Waals surface area (Å²) in [5.74, 6) is 0.199. The first-order chi connectivity index (χ1) is 11.2. The van der Waals surface area contributed by atoms with Gasteiger partial charge in [-0.1, -0.05) is 20.8 Å². The lowest BCUT2D eigenvalue weighted by Gasteiger charge is -2.37. The van der Waals surface area contributed by atoms with Gasteiger partial charge in [-0.2, -0.15) is 0 Å². The molecule has 1 aromatic rings. The topological polar surface area (TPSA) is 43.9 Å². The number of carbonyl (C=O) groups excluding carboxylic acids is 2. The number of hydrogen-bond donors (Lipinski definition) is 0. The Labute approximate surface area is 145 Å². The fourth-order valence-electron chi connectivity index (χ4n) is 2.81. The highest BCUT2D eigenvalue weighted by Crippen LogP contribution is 2.20. The lowest BCUT2D eigenvalue weighted by molar-refractivity contribution is -0.140. The first kappa shape index (κ1) is 18.3. The van der Waals surface area contributed by atoms with Gasteiger partial charge in [-0.3, -0.25) is 9.59 Å². The zero-order valence-corrected chi connectivity index (χ0v) is 15.5. The summed E-state index contributed by atoms with van der Waals surface area (Å²) < 4.78 is 0. The summed E-state index contributed by atoms with van der Waals surface area (Å²) in [6.45, 7) is 11.2. The van der Waals surface area contributed by atoms with Crippen LogP contribution in [0.2, 0.25) is 0 Å². The molecule has 0 radical (unpaired) electrons. The highest BCUT2D eigenvalue weighted by atomic mass is 16.2. The molecule has 0 aliphatic carbocycles. The van der Waals surface area contributed by atoms with Crippen LogP contribution in [0.15, 0.2) is 24.3 Å². The van der Waals surface area contributed by atoms with Gasteiger partial charge in [0.05, 0.1) is 0 Å². The van der Waals surface area contributed by atoms with Crippen molar-refractivity contribution >= 4 is 17.5 Å². The molecule has 1 aliphatic heterocycles. The van der Waals surface area contributed by atoms with E-state index in [0.717, 1.165) is 12.2 Å².